The molecule has 3 N–H and O–H groups in total. The van der Waals surface area contributed by atoms with Crippen LogP contribution >= 0.6 is 0 Å². The van der Waals surface area contributed by atoms with Crippen LogP contribution in [-0.4, -0.2) is 33.6 Å². The second kappa shape index (κ2) is 8.29. The van der Waals surface area contributed by atoms with Crippen molar-refractivity contribution in [3.05, 3.63) is 58.0 Å². The standard InChI is InChI=1S/C23H25N3O5/c1-13-6-9-15(12-19(13)31-2)24-21(27)14-7-10-16(11-8-14)26-18-5-3-4-17(22(28)29)20(18)25-23(26)30/h3-6,9,12,14,16H,7-8,10-11H2,1-2H3,(H,24,27)(H,25,30)(H,28,29)/t14-,16+. The maximum Gasteiger partial charge on any atom is 0.337 e. The van der Waals surface area contributed by atoms with Crippen LogP contribution in [0.15, 0.2) is 41.2 Å². The van der Waals surface area contributed by atoms with E-state index < -0.39 is 5.97 Å². The number of carbonyl (C=O) groups is 2. The van der Waals surface area contributed by atoms with E-state index in [9.17, 15) is 19.5 Å². The molecule has 0 atom stereocenters. The quantitative estimate of drug-likeness (QED) is 0.579. The summed E-state index contributed by atoms with van der Waals surface area (Å²) in [6, 6.07) is 10.4. The number of carbonyl (C=O) groups excluding carboxylic acids is 1. The first-order valence-corrected chi connectivity index (χ1v) is 10.3. The number of aryl methyl sites for hydroxylation is 1. The van der Waals surface area contributed by atoms with Gasteiger partial charge in [-0.2, -0.15) is 0 Å². The first-order chi connectivity index (χ1) is 14.9. The Bertz CT molecular complexity index is 1200. The van der Waals surface area contributed by atoms with Gasteiger partial charge < -0.3 is 20.1 Å². The summed E-state index contributed by atoms with van der Waals surface area (Å²) in [5, 5.41) is 12.3. The van der Waals surface area contributed by atoms with E-state index in [0.717, 1.165) is 11.3 Å². The smallest absolute Gasteiger partial charge is 0.337 e. The highest BCUT2D eigenvalue weighted by Gasteiger charge is 2.29. The van der Waals surface area contributed by atoms with Crippen LogP contribution in [0.25, 0.3) is 11.0 Å². The van der Waals surface area contributed by atoms with E-state index in [-0.39, 0.29) is 29.1 Å². The Labute approximate surface area is 178 Å². The number of anilines is 1. The van der Waals surface area contributed by atoms with Crippen molar-refractivity contribution in [3.8, 4) is 5.75 Å². The van der Waals surface area contributed by atoms with Crippen LogP contribution in [0.3, 0.4) is 0 Å². The van der Waals surface area contributed by atoms with Gasteiger partial charge in [-0.3, -0.25) is 9.36 Å². The van der Waals surface area contributed by atoms with E-state index in [1.54, 1.807) is 23.8 Å². The Morgan fingerprint density at radius 2 is 1.90 bits per heavy atom. The molecule has 31 heavy (non-hydrogen) atoms. The molecule has 0 bridgehead atoms. The number of H-pyrrole nitrogens is 1. The molecule has 4 rings (SSSR count). The number of carboxylic acid groups (broad SMARTS) is 1. The Morgan fingerprint density at radius 1 is 1.16 bits per heavy atom. The molecule has 1 aliphatic carbocycles. The van der Waals surface area contributed by atoms with Crippen LogP contribution in [0.5, 0.6) is 5.75 Å². The molecule has 1 fully saturated rings. The number of ether oxygens (including phenoxy) is 1. The Morgan fingerprint density at radius 3 is 2.58 bits per heavy atom. The zero-order chi connectivity index (χ0) is 22.1. The van der Waals surface area contributed by atoms with Crippen molar-refractivity contribution in [2.24, 2.45) is 5.92 Å². The molecular weight excluding hydrogens is 398 g/mol. The molecule has 8 heteroatoms. The number of nitrogens with one attached hydrogen (secondary N) is 2. The maximum atomic E-state index is 12.8. The van der Waals surface area contributed by atoms with Crippen molar-refractivity contribution in [3.63, 3.8) is 0 Å². The minimum atomic E-state index is -1.08. The van der Waals surface area contributed by atoms with E-state index in [2.05, 4.69) is 10.3 Å². The molecule has 0 saturated heterocycles. The number of hydrogen-bond acceptors (Lipinski definition) is 4. The van der Waals surface area contributed by atoms with Crippen LogP contribution in [0.2, 0.25) is 0 Å². The number of fused-ring (bicyclic) bond motifs is 1. The van der Waals surface area contributed by atoms with Gasteiger partial charge in [0.05, 0.1) is 23.7 Å². The third-order valence-corrected chi connectivity index (χ3v) is 6.09. The lowest BCUT2D eigenvalue weighted by Gasteiger charge is -2.28. The maximum absolute atomic E-state index is 12.8. The van der Waals surface area contributed by atoms with Crippen molar-refractivity contribution >= 4 is 28.6 Å². The van der Waals surface area contributed by atoms with Gasteiger partial charge in [-0.05, 0) is 56.4 Å². The summed E-state index contributed by atoms with van der Waals surface area (Å²) in [6.45, 7) is 1.94. The summed E-state index contributed by atoms with van der Waals surface area (Å²) in [6.07, 6.45) is 2.63. The van der Waals surface area contributed by atoms with Gasteiger partial charge in [0.25, 0.3) is 0 Å². The van der Waals surface area contributed by atoms with Gasteiger partial charge in [0.15, 0.2) is 0 Å². The number of amides is 1. The second-order valence-electron chi connectivity index (χ2n) is 7.98. The molecule has 0 aliphatic heterocycles. The lowest BCUT2D eigenvalue weighted by Crippen LogP contribution is -2.31. The van der Waals surface area contributed by atoms with Gasteiger partial charge in [-0.25, -0.2) is 9.59 Å². The number of para-hydroxylation sites is 1. The fourth-order valence-electron chi connectivity index (χ4n) is 4.43. The van der Waals surface area contributed by atoms with Crippen LogP contribution in [0.1, 0.15) is 47.6 Å². The first kappa shape index (κ1) is 20.7. The van der Waals surface area contributed by atoms with Gasteiger partial charge >= 0.3 is 11.7 Å². The van der Waals surface area contributed by atoms with E-state index >= 15 is 0 Å². The number of hydrogen-bond donors (Lipinski definition) is 3. The van der Waals surface area contributed by atoms with Crippen molar-refractivity contribution in [2.75, 3.05) is 12.4 Å². The molecule has 0 radical (unpaired) electrons. The molecule has 1 aliphatic rings. The number of imidazole rings is 1. The summed E-state index contributed by atoms with van der Waals surface area (Å²) >= 11 is 0. The van der Waals surface area contributed by atoms with E-state index in [4.69, 9.17) is 4.74 Å². The number of aromatic amines is 1. The number of aromatic nitrogens is 2. The summed E-state index contributed by atoms with van der Waals surface area (Å²) < 4.78 is 6.95. The highest BCUT2D eigenvalue weighted by atomic mass is 16.5. The first-order valence-electron chi connectivity index (χ1n) is 10.3. The van der Waals surface area contributed by atoms with Gasteiger partial charge in [-0.15, -0.1) is 0 Å². The zero-order valence-corrected chi connectivity index (χ0v) is 17.5. The number of aromatic carboxylic acids is 1. The summed E-state index contributed by atoms with van der Waals surface area (Å²) in [5.41, 5.74) is 2.39. The lowest BCUT2D eigenvalue weighted by molar-refractivity contribution is -0.121. The van der Waals surface area contributed by atoms with Gasteiger partial charge in [0, 0.05) is 23.7 Å². The topological polar surface area (TPSA) is 113 Å². The van der Waals surface area contributed by atoms with E-state index in [1.165, 1.54) is 6.07 Å². The molecule has 8 nitrogen and oxygen atoms in total. The lowest BCUT2D eigenvalue weighted by atomic mass is 9.85. The monoisotopic (exact) mass is 423 g/mol. The van der Waals surface area contributed by atoms with Gasteiger partial charge in [-0.1, -0.05) is 12.1 Å². The van der Waals surface area contributed by atoms with Crippen molar-refractivity contribution in [1.29, 1.82) is 0 Å². The Hall–Kier alpha value is -3.55. The largest absolute Gasteiger partial charge is 0.496 e. The summed E-state index contributed by atoms with van der Waals surface area (Å²) in [4.78, 5) is 39.5. The molecule has 1 heterocycles. The predicted molar refractivity (Wildman–Crippen MR) is 117 cm³/mol. The van der Waals surface area contributed by atoms with Crippen molar-refractivity contribution in [1.82, 2.24) is 9.55 Å². The third-order valence-electron chi connectivity index (χ3n) is 6.09. The Kier molecular flexibility index (Phi) is 5.54. The average molecular weight is 423 g/mol. The van der Waals surface area contributed by atoms with Crippen LogP contribution in [0.4, 0.5) is 5.69 Å². The normalized spacial score (nSPS) is 18.6. The average Bonchev–Trinajstić information content (AvgIpc) is 3.10. The summed E-state index contributed by atoms with van der Waals surface area (Å²) in [7, 11) is 1.60. The zero-order valence-electron chi connectivity index (χ0n) is 17.5. The minimum Gasteiger partial charge on any atom is -0.496 e. The molecule has 1 aromatic heterocycles. The SMILES string of the molecule is COc1cc(NC(=O)[C@H]2CC[C@@H](n3c(=O)[nH]c4c(C(=O)O)cccc43)CC2)ccc1C. The molecule has 162 valence electrons. The molecule has 0 spiro atoms. The molecular formula is C23H25N3O5. The second-order valence-corrected chi connectivity index (χ2v) is 7.98. The fraction of sp³-hybridized carbons (Fsp3) is 0.348. The van der Waals surface area contributed by atoms with Gasteiger partial charge in [0.1, 0.15) is 5.75 Å². The molecule has 2 aromatic carbocycles. The van der Waals surface area contributed by atoms with Crippen molar-refractivity contribution in [2.45, 2.75) is 38.6 Å². The van der Waals surface area contributed by atoms with Crippen LogP contribution in [0, 0.1) is 12.8 Å². The van der Waals surface area contributed by atoms with Crippen LogP contribution < -0.4 is 15.7 Å². The fourth-order valence-corrected chi connectivity index (χ4v) is 4.43. The number of rotatable bonds is 5. The number of carboxylic acids is 1. The molecule has 0 unspecified atom stereocenters. The van der Waals surface area contributed by atoms with Crippen molar-refractivity contribution < 1.29 is 19.4 Å². The number of nitrogens with zero attached hydrogens (tertiary/aromatic N) is 1. The predicted octanol–water partition coefficient (Wildman–Crippen LogP) is 3.71. The third kappa shape index (κ3) is 3.93. The minimum absolute atomic E-state index is 0.0382. The highest BCUT2D eigenvalue weighted by Crippen LogP contribution is 2.34. The van der Waals surface area contributed by atoms with Gasteiger partial charge in [0.2, 0.25) is 5.91 Å². The van der Waals surface area contributed by atoms with E-state index in [1.807, 2.05) is 25.1 Å². The Balaban J connectivity index is 1.47. The number of benzene rings is 2. The molecule has 1 amide bonds. The van der Waals surface area contributed by atoms with Crippen LogP contribution in [-0.2, 0) is 4.79 Å². The highest BCUT2D eigenvalue weighted by molar-refractivity contribution is 6.01. The van der Waals surface area contributed by atoms with E-state index in [0.29, 0.717) is 42.4 Å². The molecule has 3 aromatic rings. The number of methoxy groups -OCH3 is 1. The summed E-state index contributed by atoms with van der Waals surface area (Å²) in [5.74, 6) is -0.532. The molecule has 1 saturated carbocycles.